The Labute approximate surface area is 116 Å². The summed E-state index contributed by atoms with van der Waals surface area (Å²) in [7, 11) is 0. The van der Waals surface area contributed by atoms with E-state index in [1.807, 2.05) is 0 Å². The van der Waals surface area contributed by atoms with Gasteiger partial charge >= 0.3 is 0 Å². The number of aliphatic hydroxyl groups excluding tert-OH is 1. The summed E-state index contributed by atoms with van der Waals surface area (Å²) in [6.45, 7) is 2.29. The maximum atomic E-state index is 10.3. The highest BCUT2D eigenvalue weighted by atomic mass is 16.3. The van der Waals surface area contributed by atoms with Gasteiger partial charge in [0.2, 0.25) is 0 Å². The highest BCUT2D eigenvalue weighted by molar-refractivity contribution is 5.03. The molecular formula is C16H26N2O. The lowest BCUT2D eigenvalue weighted by molar-refractivity contribution is 0.0173. The molecule has 19 heavy (non-hydrogen) atoms. The molecule has 1 N–H and O–H groups in total. The van der Waals surface area contributed by atoms with Crippen LogP contribution in [-0.2, 0) is 0 Å². The van der Waals surface area contributed by atoms with E-state index in [1.165, 1.54) is 51.5 Å². The number of likely N-dealkylation sites (tertiary alicyclic amines) is 1. The summed E-state index contributed by atoms with van der Waals surface area (Å²) in [6.07, 6.45) is 10.3. The van der Waals surface area contributed by atoms with Crippen LogP contribution in [-0.4, -0.2) is 35.2 Å². The first-order valence-corrected chi connectivity index (χ1v) is 8.03. The van der Waals surface area contributed by atoms with Crippen molar-refractivity contribution in [3.63, 3.8) is 0 Å². The highest BCUT2D eigenvalue weighted by Crippen LogP contribution is 2.50. The van der Waals surface area contributed by atoms with Crippen LogP contribution >= 0.6 is 0 Å². The quantitative estimate of drug-likeness (QED) is 0.847. The molecule has 1 heterocycles. The maximum Gasteiger partial charge on any atom is 0.0628 e. The van der Waals surface area contributed by atoms with E-state index in [1.54, 1.807) is 0 Å². The summed E-state index contributed by atoms with van der Waals surface area (Å²) in [5, 5.41) is 19.2. The van der Waals surface area contributed by atoms with Gasteiger partial charge in [-0.25, -0.2) is 0 Å². The lowest BCUT2D eigenvalue weighted by Gasteiger charge is -2.38. The molecule has 2 saturated carbocycles. The van der Waals surface area contributed by atoms with Crippen LogP contribution in [0.2, 0.25) is 0 Å². The fourth-order valence-electron chi connectivity index (χ4n) is 4.29. The van der Waals surface area contributed by atoms with Gasteiger partial charge < -0.3 is 5.11 Å². The van der Waals surface area contributed by atoms with Crippen LogP contribution in [0.15, 0.2) is 0 Å². The van der Waals surface area contributed by atoms with Gasteiger partial charge in [0.05, 0.1) is 12.2 Å². The molecule has 0 aromatic rings. The Balaban J connectivity index is 1.63. The Morgan fingerprint density at radius 3 is 2.63 bits per heavy atom. The second-order valence-electron chi connectivity index (χ2n) is 7.03. The van der Waals surface area contributed by atoms with Crippen LogP contribution in [0.4, 0.5) is 0 Å². The molecular weight excluding hydrogens is 236 g/mol. The van der Waals surface area contributed by atoms with E-state index < -0.39 is 0 Å². The molecule has 3 aliphatic rings. The minimum Gasteiger partial charge on any atom is -0.393 e. The first-order chi connectivity index (χ1) is 9.24. The predicted molar refractivity (Wildman–Crippen MR) is 74.5 cm³/mol. The smallest absolute Gasteiger partial charge is 0.0628 e. The number of hydrogen-bond donors (Lipinski definition) is 1. The van der Waals surface area contributed by atoms with Crippen molar-refractivity contribution in [1.82, 2.24) is 4.90 Å². The minimum atomic E-state index is -0.0783. The Bertz CT molecular complexity index is 358. The summed E-state index contributed by atoms with van der Waals surface area (Å²) < 4.78 is 0. The molecule has 1 aliphatic heterocycles. The second-order valence-corrected chi connectivity index (χ2v) is 7.03. The number of aliphatic hydroxyl groups is 1. The molecule has 0 spiro atoms. The third-order valence-corrected chi connectivity index (χ3v) is 5.64. The van der Waals surface area contributed by atoms with Crippen LogP contribution in [0.3, 0.4) is 0 Å². The average Bonchev–Trinajstić information content (AvgIpc) is 2.99. The van der Waals surface area contributed by atoms with Crippen molar-refractivity contribution in [2.45, 2.75) is 69.9 Å². The Kier molecular flexibility index (Phi) is 3.82. The normalized spacial score (nSPS) is 38.0. The van der Waals surface area contributed by atoms with Crippen LogP contribution in [0.25, 0.3) is 0 Å². The first-order valence-electron chi connectivity index (χ1n) is 8.03. The summed E-state index contributed by atoms with van der Waals surface area (Å²) in [5.41, 5.74) is 0.316. The van der Waals surface area contributed by atoms with E-state index in [0.717, 1.165) is 19.4 Å². The van der Waals surface area contributed by atoms with E-state index in [4.69, 9.17) is 5.26 Å². The third-order valence-electron chi connectivity index (χ3n) is 5.64. The molecule has 3 fully saturated rings. The molecule has 3 nitrogen and oxygen atoms in total. The van der Waals surface area contributed by atoms with Gasteiger partial charge in [0.15, 0.2) is 0 Å². The molecule has 0 radical (unpaired) electrons. The van der Waals surface area contributed by atoms with Crippen molar-refractivity contribution in [2.75, 3.05) is 13.1 Å². The molecule has 0 aromatic carbocycles. The summed E-state index contributed by atoms with van der Waals surface area (Å²) >= 11 is 0. The van der Waals surface area contributed by atoms with Crippen LogP contribution in [0.1, 0.15) is 57.8 Å². The zero-order chi connectivity index (χ0) is 13.3. The fourth-order valence-corrected chi connectivity index (χ4v) is 4.29. The van der Waals surface area contributed by atoms with E-state index >= 15 is 0 Å². The lowest BCUT2D eigenvalue weighted by Crippen LogP contribution is -2.44. The molecule has 3 heteroatoms. The predicted octanol–water partition coefficient (Wildman–Crippen LogP) is 2.70. The summed E-state index contributed by atoms with van der Waals surface area (Å²) in [5.74, 6) is 0.495. The van der Waals surface area contributed by atoms with Gasteiger partial charge in [-0.15, -0.1) is 0 Å². The fraction of sp³-hybridized carbons (Fsp3) is 0.938. The van der Waals surface area contributed by atoms with E-state index in [0.29, 0.717) is 17.4 Å². The molecule has 0 bridgehead atoms. The van der Waals surface area contributed by atoms with Crippen molar-refractivity contribution in [2.24, 2.45) is 11.3 Å². The standard InChI is InChI=1S/C16H26N2O/c17-10-9-16(7-8-16)12-18-11-3-5-14(18)13-4-1-2-6-15(13)19/h13-15,19H,1-9,11-12H2. The maximum absolute atomic E-state index is 10.3. The van der Waals surface area contributed by atoms with Gasteiger partial charge in [0.1, 0.15) is 0 Å². The van der Waals surface area contributed by atoms with Gasteiger partial charge in [-0.2, -0.15) is 5.26 Å². The number of hydrogen-bond acceptors (Lipinski definition) is 3. The Hall–Kier alpha value is -0.590. The van der Waals surface area contributed by atoms with Gasteiger partial charge in [0.25, 0.3) is 0 Å². The minimum absolute atomic E-state index is 0.0783. The van der Waals surface area contributed by atoms with Crippen LogP contribution in [0, 0.1) is 22.7 Å². The van der Waals surface area contributed by atoms with Crippen LogP contribution < -0.4 is 0 Å². The van der Waals surface area contributed by atoms with Gasteiger partial charge in [-0.05, 0) is 50.5 Å². The van der Waals surface area contributed by atoms with Gasteiger partial charge in [-0.3, -0.25) is 4.90 Å². The molecule has 0 aromatic heterocycles. The van der Waals surface area contributed by atoms with Gasteiger partial charge in [-0.1, -0.05) is 12.8 Å². The van der Waals surface area contributed by atoms with Crippen molar-refractivity contribution in [1.29, 1.82) is 5.26 Å². The molecule has 3 unspecified atom stereocenters. The summed E-state index contributed by atoms with van der Waals surface area (Å²) in [4.78, 5) is 2.61. The SMILES string of the molecule is N#CCC1(CN2CCCC2C2CCCCC2O)CC1. The molecule has 3 rings (SSSR count). The molecule has 3 atom stereocenters. The van der Waals surface area contributed by atoms with E-state index in [2.05, 4.69) is 11.0 Å². The number of nitriles is 1. The molecule has 1 saturated heterocycles. The van der Waals surface area contributed by atoms with Crippen molar-refractivity contribution in [3.8, 4) is 6.07 Å². The number of nitrogens with zero attached hydrogens (tertiary/aromatic N) is 2. The van der Waals surface area contributed by atoms with E-state index in [9.17, 15) is 5.11 Å². The summed E-state index contributed by atoms with van der Waals surface area (Å²) in [6, 6.07) is 2.96. The zero-order valence-corrected chi connectivity index (χ0v) is 11.9. The number of rotatable bonds is 4. The topological polar surface area (TPSA) is 47.3 Å². The first kappa shape index (κ1) is 13.4. The molecule has 106 valence electrons. The van der Waals surface area contributed by atoms with E-state index in [-0.39, 0.29) is 6.10 Å². The third kappa shape index (κ3) is 2.80. The van der Waals surface area contributed by atoms with Crippen LogP contribution in [0.5, 0.6) is 0 Å². The Morgan fingerprint density at radius 2 is 1.95 bits per heavy atom. The van der Waals surface area contributed by atoms with Crippen molar-refractivity contribution in [3.05, 3.63) is 0 Å². The highest BCUT2D eigenvalue weighted by Gasteiger charge is 2.47. The average molecular weight is 262 g/mol. The zero-order valence-electron chi connectivity index (χ0n) is 11.9. The molecule has 0 amide bonds. The second kappa shape index (κ2) is 5.42. The lowest BCUT2D eigenvalue weighted by atomic mass is 9.80. The van der Waals surface area contributed by atoms with Crippen molar-refractivity contribution >= 4 is 0 Å². The van der Waals surface area contributed by atoms with Gasteiger partial charge in [0, 0.05) is 24.9 Å². The molecule has 2 aliphatic carbocycles. The Morgan fingerprint density at radius 1 is 1.16 bits per heavy atom. The largest absolute Gasteiger partial charge is 0.393 e. The monoisotopic (exact) mass is 262 g/mol. The van der Waals surface area contributed by atoms with Crippen molar-refractivity contribution < 1.29 is 5.11 Å².